The second-order valence-corrected chi connectivity index (χ2v) is 5.75. The Bertz CT molecular complexity index is 947. The summed E-state index contributed by atoms with van der Waals surface area (Å²) in [6.07, 6.45) is 0. The number of fused-ring (bicyclic) bond motifs is 1. The molecule has 3 aromatic rings. The Balaban J connectivity index is 1.98. The van der Waals surface area contributed by atoms with E-state index in [1.165, 1.54) is 24.3 Å². The fourth-order valence-electron chi connectivity index (χ4n) is 2.37. The van der Waals surface area contributed by atoms with Crippen LogP contribution in [-0.2, 0) is 6.61 Å². The van der Waals surface area contributed by atoms with Crippen LogP contribution in [0.25, 0.3) is 11.0 Å². The van der Waals surface area contributed by atoms with Gasteiger partial charge in [0.2, 0.25) is 0 Å². The molecule has 23 heavy (non-hydrogen) atoms. The Morgan fingerprint density at radius 3 is 2.70 bits per heavy atom. The van der Waals surface area contributed by atoms with Crippen molar-refractivity contribution < 1.29 is 13.5 Å². The standard InChI is InChI=1S/C18H14ClFO3/c1-10-3-5-14-12(7-17(21)23-18(14)11(10)2)9-22-13-4-6-16(20)15(19)8-13/h3-8H,9H2,1-2H3. The van der Waals surface area contributed by atoms with Crippen LogP contribution in [0.2, 0.25) is 5.02 Å². The van der Waals surface area contributed by atoms with E-state index in [4.69, 9.17) is 20.8 Å². The third-order valence-electron chi connectivity index (χ3n) is 3.80. The van der Waals surface area contributed by atoms with Gasteiger partial charge in [-0.3, -0.25) is 0 Å². The summed E-state index contributed by atoms with van der Waals surface area (Å²) >= 11 is 5.73. The van der Waals surface area contributed by atoms with Gasteiger partial charge in [-0.25, -0.2) is 9.18 Å². The molecule has 0 bridgehead atoms. The first-order chi connectivity index (χ1) is 11.0. The van der Waals surface area contributed by atoms with Gasteiger partial charge in [-0.2, -0.15) is 0 Å². The van der Waals surface area contributed by atoms with Crippen molar-refractivity contribution in [2.75, 3.05) is 0 Å². The highest BCUT2D eigenvalue weighted by Crippen LogP contribution is 2.25. The van der Waals surface area contributed by atoms with Gasteiger partial charge in [0.05, 0.1) is 5.02 Å². The number of hydrogen-bond donors (Lipinski definition) is 0. The molecule has 0 saturated carbocycles. The zero-order valence-corrected chi connectivity index (χ0v) is 13.4. The van der Waals surface area contributed by atoms with Crippen molar-refractivity contribution in [3.63, 3.8) is 0 Å². The second kappa shape index (κ2) is 6.05. The highest BCUT2D eigenvalue weighted by molar-refractivity contribution is 6.30. The zero-order chi connectivity index (χ0) is 16.6. The van der Waals surface area contributed by atoms with Crippen LogP contribution in [-0.4, -0.2) is 0 Å². The maximum atomic E-state index is 13.2. The summed E-state index contributed by atoms with van der Waals surface area (Å²) in [4.78, 5) is 11.8. The zero-order valence-electron chi connectivity index (χ0n) is 12.7. The fraction of sp³-hybridized carbons (Fsp3) is 0.167. The van der Waals surface area contributed by atoms with Gasteiger partial charge in [0, 0.05) is 23.1 Å². The fourth-order valence-corrected chi connectivity index (χ4v) is 2.54. The first-order valence-corrected chi connectivity index (χ1v) is 7.44. The monoisotopic (exact) mass is 332 g/mol. The molecule has 118 valence electrons. The minimum Gasteiger partial charge on any atom is -0.489 e. The van der Waals surface area contributed by atoms with E-state index in [1.54, 1.807) is 0 Å². The number of ether oxygens (including phenoxy) is 1. The van der Waals surface area contributed by atoms with E-state index in [-0.39, 0.29) is 11.6 Å². The smallest absolute Gasteiger partial charge is 0.336 e. The number of halogens is 2. The first-order valence-electron chi connectivity index (χ1n) is 7.06. The number of rotatable bonds is 3. The molecule has 0 aliphatic rings. The lowest BCUT2D eigenvalue weighted by Crippen LogP contribution is -2.05. The maximum Gasteiger partial charge on any atom is 0.336 e. The third-order valence-corrected chi connectivity index (χ3v) is 4.09. The van der Waals surface area contributed by atoms with Gasteiger partial charge < -0.3 is 9.15 Å². The highest BCUT2D eigenvalue weighted by Gasteiger charge is 2.10. The van der Waals surface area contributed by atoms with E-state index < -0.39 is 11.4 Å². The molecule has 5 heteroatoms. The Labute approximate surface area is 137 Å². The molecule has 1 aromatic heterocycles. The SMILES string of the molecule is Cc1ccc2c(COc3ccc(F)c(Cl)c3)cc(=O)oc2c1C. The largest absolute Gasteiger partial charge is 0.489 e. The van der Waals surface area contributed by atoms with Gasteiger partial charge in [0.25, 0.3) is 0 Å². The predicted molar refractivity (Wildman–Crippen MR) is 87.7 cm³/mol. The van der Waals surface area contributed by atoms with E-state index in [1.807, 2.05) is 26.0 Å². The summed E-state index contributed by atoms with van der Waals surface area (Å²) in [6, 6.07) is 9.40. The van der Waals surface area contributed by atoms with Crippen molar-refractivity contribution in [2.24, 2.45) is 0 Å². The Hall–Kier alpha value is -2.33. The topological polar surface area (TPSA) is 39.4 Å². The van der Waals surface area contributed by atoms with Gasteiger partial charge in [0.1, 0.15) is 23.8 Å². The van der Waals surface area contributed by atoms with Crippen molar-refractivity contribution in [1.82, 2.24) is 0 Å². The van der Waals surface area contributed by atoms with Crippen molar-refractivity contribution in [3.05, 3.63) is 74.3 Å². The molecule has 2 aromatic carbocycles. The lowest BCUT2D eigenvalue weighted by Gasteiger charge is -2.10. The molecular formula is C18H14ClFO3. The summed E-state index contributed by atoms with van der Waals surface area (Å²) in [5.74, 6) is -0.0717. The Morgan fingerprint density at radius 1 is 1.17 bits per heavy atom. The first kappa shape index (κ1) is 15.6. The van der Waals surface area contributed by atoms with E-state index in [9.17, 15) is 9.18 Å². The van der Waals surface area contributed by atoms with Crippen LogP contribution in [0, 0.1) is 19.7 Å². The van der Waals surface area contributed by atoms with Gasteiger partial charge in [-0.15, -0.1) is 0 Å². The predicted octanol–water partition coefficient (Wildman–Crippen LogP) is 4.78. The van der Waals surface area contributed by atoms with Crippen LogP contribution in [0.3, 0.4) is 0 Å². The highest BCUT2D eigenvalue weighted by atomic mass is 35.5. The van der Waals surface area contributed by atoms with Crippen molar-refractivity contribution in [1.29, 1.82) is 0 Å². The molecule has 0 aliphatic carbocycles. The molecule has 0 saturated heterocycles. The number of hydrogen-bond acceptors (Lipinski definition) is 3. The summed E-state index contributed by atoms with van der Waals surface area (Å²) in [5.41, 5.74) is 2.81. The van der Waals surface area contributed by atoms with Crippen LogP contribution in [0.5, 0.6) is 5.75 Å². The molecule has 0 unspecified atom stereocenters. The summed E-state index contributed by atoms with van der Waals surface area (Å²) in [5, 5.41) is 0.812. The second-order valence-electron chi connectivity index (χ2n) is 5.34. The molecule has 3 rings (SSSR count). The van der Waals surface area contributed by atoms with Crippen molar-refractivity contribution >= 4 is 22.6 Å². The molecule has 1 heterocycles. The van der Waals surface area contributed by atoms with E-state index >= 15 is 0 Å². The van der Waals surface area contributed by atoms with E-state index in [0.717, 1.165) is 16.5 Å². The minimum absolute atomic E-state index is 0.00796. The number of benzene rings is 2. The number of aryl methyl sites for hydroxylation is 2. The van der Waals surface area contributed by atoms with Gasteiger partial charge in [-0.1, -0.05) is 23.7 Å². The van der Waals surface area contributed by atoms with Crippen molar-refractivity contribution in [2.45, 2.75) is 20.5 Å². The Kier molecular flexibility index (Phi) is 4.09. The minimum atomic E-state index is -0.504. The Morgan fingerprint density at radius 2 is 1.96 bits per heavy atom. The summed E-state index contributed by atoms with van der Waals surface area (Å²) in [7, 11) is 0. The van der Waals surface area contributed by atoms with Crippen LogP contribution in [0.1, 0.15) is 16.7 Å². The quantitative estimate of drug-likeness (QED) is 0.648. The normalized spacial score (nSPS) is 11.0. The molecule has 3 nitrogen and oxygen atoms in total. The molecule has 0 N–H and O–H groups in total. The summed E-state index contributed by atoms with van der Waals surface area (Å²) in [6.45, 7) is 4.02. The summed E-state index contributed by atoms with van der Waals surface area (Å²) < 4.78 is 24.1. The van der Waals surface area contributed by atoms with Crippen LogP contribution in [0.4, 0.5) is 4.39 Å². The van der Waals surface area contributed by atoms with Crippen molar-refractivity contribution in [3.8, 4) is 5.75 Å². The van der Waals surface area contributed by atoms with Crippen LogP contribution >= 0.6 is 11.6 Å². The lowest BCUT2D eigenvalue weighted by molar-refractivity contribution is 0.306. The lowest BCUT2D eigenvalue weighted by atomic mass is 10.0. The average Bonchev–Trinajstić information content (AvgIpc) is 2.52. The molecule has 0 amide bonds. The van der Waals surface area contributed by atoms with Gasteiger partial charge >= 0.3 is 5.63 Å². The molecule has 0 atom stereocenters. The van der Waals surface area contributed by atoms with Crippen LogP contribution in [0.15, 0.2) is 45.6 Å². The van der Waals surface area contributed by atoms with Crippen LogP contribution < -0.4 is 10.4 Å². The van der Waals surface area contributed by atoms with Gasteiger partial charge in [0.15, 0.2) is 0 Å². The maximum absolute atomic E-state index is 13.2. The molecule has 0 aliphatic heterocycles. The molecular weight excluding hydrogens is 319 g/mol. The van der Waals surface area contributed by atoms with Gasteiger partial charge in [-0.05, 0) is 37.1 Å². The average molecular weight is 333 g/mol. The third kappa shape index (κ3) is 3.08. The van der Waals surface area contributed by atoms with E-state index in [0.29, 0.717) is 16.9 Å². The molecule has 0 radical (unpaired) electrons. The molecule has 0 spiro atoms. The molecule has 0 fully saturated rings. The van der Waals surface area contributed by atoms with E-state index in [2.05, 4.69) is 0 Å².